The fraction of sp³-hybridized carbons (Fsp3) is 0.167. The molecule has 0 spiro atoms. The van der Waals surface area contributed by atoms with Gasteiger partial charge >= 0.3 is 0 Å². The number of nitrogens with zero attached hydrogens (tertiary/aromatic N) is 2. The molecule has 150 valence electrons. The Morgan fingerprint density at radius 2 is 1.60 bits per heavy atom. The van der Waals surface area contributed by atoms with Crippen LogP contribution in [-0.2, 0) is 4.74 Å². The summed E-state index contributed by atoms with van der Waals surface area (Å²) in [6.45, 7) is 2.28. The van der Waals surface area contributed by atoms with Crippen LogP contribution in [0.25, 0.3) is 32.6 Å². The quantitative estimate of drug-likeness (QED) is 0.527. The Hall–Kier alpha value is -3.22. The highest BCUT2D eigenvalue weighted by Gasteiger charge is 2.26. The largest absolute Gasteiger partial charge is 0.397 e. The van der Waals surface area contributed by atoms with E-state index in [4.69, 9.17) is 15.5 Å². The molecule has 0 unspecified atom stereocenters. The maximum Gasteiger partial charge on any atom is 0.266 e. The summed E-state index contributed by atoms with van der Waals surface area (Å²) in [5.74, 6) is -0.0425. The second-order valence-electron chi connectivity index (χ2n) is 7.22. The van der Waals surface area contributed by atoms with Crippen molar-refractivity contribution >= 4 is 33.1 Å². The van der Waals surface area contributed by atoms with E-state index in [9.17, 15) is 4.79 Å². The van der Waals surface area contributed by atoms with E-state index >= 15 is 0 Å². The van der Waals surface area contributed by atoms with Gasteiger partial charge in [-0.25, -0.2) is 4.98 Å². The molecule has 30 heavy (non-hydrogen) atoms. The van der Waals surface area contributed by atoms with Gasteiger partial charge in [-0.3, -0.25) is 4.79 Å². The number of hydrogen-bond donors (Lipinski definition) is 1. The first-order valence-corrected chi connectivity index (χ1v) is 10.7. The highest BCUT2D eigenvalue weighted by Crippen LogP contribution is 2.41. The minimum absolute atomic E-state index is 0.0425. The molecule has 0 radical (unpaired) electrons. The number of carbonyl (C=O) groups excluding carboxylic acids is 1. The normalized spacial score (nSPS) is 14.2. The zero-order valence-corrected chi connectivity index (χ0v) is 17.2. The molecule has 1 saturated heterocycles. The molecule has 0 atom stereocenters. The lowest BCUT2D eigenvalue weighted by atomic mass is 9.99. The lowest BCUT2D eigenvalue weighted by Crippen LogP contribution is -2.40. The lowest BCUT2D eigenvalue weighted by molar-refractivity contribution is 0.0307. The minimum atomic E-state index is -0.0425. The SMILES string of the molecule is Nc1c(C(=O)N2CCOCC2)sc2nc(-c3ccccc3)cc(-c3ccccc3)c12. The van der Waals surface area contributed by atoms with Gasteiger partial charge in [-0.15, -0.1) is 11.3 Å². The number of carbonyl (C=O) groups is 1. The highest BCUT2D eigenvalue weighted by atomic mass is 32.1. The van der Waals surface area contributed by atoms with E-state index in [0.717, 1.165) is 32.6 Å². The van der Waals surface area contributed by atoms with Gasteiger partial charge in [0.05, 0.1) is 24.6 Å². The van der Waals surface area contributed by atoms with Gasteiger partial charge in [-0.2, -0.15) is 0 Å². The number of pyridine rings is 1. The molecule has 1 aliphatic heterocycles. The summed E-state index contributed by atoms with van der Waals surface area (Å²) in [5.41, 5.74) is 11.0. The van der Waals surface area contributed by atoms with Crippen LogP contribution in [0.1, 0.15) is 9.67 Å². The van der Waals surface area contributed by atoms with Crippen LogP contribution in [0.3, 0.4) is 0 Å². The topological polar surface area (TPSA) is 68.5 Å². The van der Waals surface area contributed by atoms with Crippen LogP contribution in [0.5, 0.6) is 0 Å². The van der Waals surface area contributed by atoms with Crippen molar-refractivity contribution in [2.24, 2.45) is 0 Å². The number of aromatic nitrogens is 1. The monoisotopic (exact) mass is 415 g/mol. The Bertz CT molecular complexity index is 1200. The van der Waals surface area contributed by atoms with E-state index in [1.807, 2.05) is 53.4 Å². The summed E-state index contributed by atoms with van der Waals surface area (Å²) in [4.78, 5) is 21.2. The standard InChI is InChI=1S/C24H21N3O2S/c25-21-20-18(16-7-3-1-4-8-16)15-19(17-9-5-2-6-10-17)26-23(20)30-22(21)24(28)27-11-13-29-14-12-27/h1-10,15H,11-14,25H2. The Morgan fingerprint density at radius 1 is 0.967 bits per heavy atom. The molecule has 3 heterocycles. The second kappa shape index (κ2) is 7.89. The molecule has 1 amide bonds. The van der Waals surface area contributed by atoms with Gasteiger partial charge in [0.15, 0.2) is 0 Å². The number of morpholine rings is 1. The average molecular weight is 416 g/mol. The molecule has 0 bridgehead atoms. The van der Waals surface area contributed by atoms with Gasteiger partial charge in [-0.05, 0) is 17.2 Å². The van der Waals surface area contributed by atoms with Crippen LogP contribution >= 0.6 is 11.3 Å². The van der Waals surface area contributed by atoms with Crippen LogP contribution in [0, 0.1) is 0 Å². The number of amides is 1. The Morgan fingerprint density at radius 3 is 2.27 bits per heavy atom. The smallest absolute Gasteiger partial charge is 0.266 e. The molecular weight excluding hydrogens is 394 g/mol. The van der Waals surface area contributed by atoms with Crippen molar-refractivity contribution in [1.82, 2.24) is 9.88 Å². The first-order valence-electron chi connectivity index (χ1n) is 9.93. The van der Waals surface area contributed by atoms with E-state index in [0.29, 0.717) is 36.9 Å². The van der Waals surface area contributed by atoms with Crippen LogP contribution in [-0.4, -0.2) is 42.1 Å². The Labute approximate surface area is 178 Å². The molecule has 1 fully saturated rings. The number of thiophene rings is 1. The Balaban J connectivity index is 1.71. The summed E-state index contributed by atoms with van der Waals surface area (Å²) < 4.78 is 5.38. The maximum atomic E-state index is 13.2. The van der Waals surface area contributed by atoms with Crippen molar-refractivity contribution in [3.05, 3.63) is 71.6 Å². The van der Waals surface area contributed by atoms with Crippen molar-refractivity contribution < 1.29 is 9.53 Å². The van der Waals surface area contributed by atoms with Crippen LogP contribution in [0.15, 0.2) is 66.7 Å². The molecule has 2 aromatic heterocycles. The molecule has 6 heteroatoms. The van der Waals surface area contributed by atoms with Crippen LogP contribution < -0.4 is 5.73 Å². The van der Waals surface area contributed by atoms with Gasteiger partial charge in [0, 0.05) is 24.0 Å². The molecular formula is C24H21N3O2S. The molecule has 1 aliphatic rings. The average Bonchev–Trinajstić information content (AvgIpc) is 3.16. The van der Waals surface area contributed by atoms with Gasteiger partial charge in [0.1, 0.15) is 9.71 Å². The highest BCUT2D eigenvalue weighted by molar-refractivity contribution is 7.21. The molecule has 4 aromatic rings. The zero-order valence-electron chi connectivity index (χ0n) is 16.4. The third-order valence-electron chi connectivity index (χ3n) is 5.35. The Kier molecular flexibility index (Phi) is 4.94. The molecule has 5 rings (SSSR count). The number of anilines is 1. The molecule has 2 aromatic carbocycles. The number of fused-ring (bicyclic) bond motifs is 1. The van der Waals surface area contributed by atoms with Crippen molar-refractivity contribution in [1.29, 1.82) is 0 Å². The van der Waals surface area contributed by atoms with Crippen molar-refractivity contribution in [2.75, 3.05) is 32.0 Å². The van der Waals surface area contributed by atoms with E-state index in [1.54, 1.807) is 0 Å². The predicted molar refractivity (Wildman–Crippen MR) is 122 cm³/mol. The minimum Gasteiger partial charge on any atom is -0.397 e. The summed E-state index contributed by atoms with van der Waals surface area (Å²) in [6, 6.07) is 22.3. The molecule has 0 saturated carbocycles. The summed E-state index contributed by atoms with van der Waals surface area (Å²) in [5, 5.41) is 0.850. The first-order chi connectivity index (χ1) is 14.7. The summed E-state index contributed by atoms with van der Waals surface area (Å²) in [7, 11) is 0. The third-order valence-corrected chi connectivity index (χ3v) is 6.43. The third kappa shape index (κ3) is 3.34. The number of benzene rings is 2. The zero-order chi connectivity index (χ0) is 20.5. The summed E-state index contributed by atoms with van der Waals surface area (Å²) >= 11 is 1.38. The van der Waals surface area contributed by atoms with E-state index < -0.39 is 0 Å². The number of ether oxygens (including phenoxy) is 1. The number of nitrogens with two attached hydrogens (primary N) is 1. The fourth-order valence-corrected chi connectivity index (χ4v) is 4.88. The number of nitrogen functional groups attached to an aromatic ring is 1. The first kappa shape index (κ1) is 18.8. The lowest BCUT2D eigenvalue weighted by Gasteiger charge is -2.26. The van der Waals surface area contributed by atoms with Gasteiger partial charge < -0.3 is 15.4 Å². The van der Waals surface area contributed by atoms with Gasteiger partial charge in [0.2, 0.25) is 0 Å². The number of hydrogen-bond acceptors (Lipinski definition) is 5. The molecule has 2 N–H and O–H groups in total. The molecule has 0 aliphatic carbocycles. The van der Waals surface area contributed by atoms with Gasteiger partial charge in [-0.1, -0.05) is 60.7 Å². The fourth-order valence-electron chi connectivity index (χ4n) is 3.79. The number of rotatable bonds is 3. The van der Waals surface area contributed by atoms with Crippen molar-refractivity contribution in [3.63, 3.8) is 0 Å². The summed E-state index contributed by atoms with van der Waals surface area (Å²) in [6.07, 6.45) is 0. The van der Waals surface area contributed by atoms with E-state index in [2.05, 4.69) is 18.2 Å². The predicted octanol–water partition coefficient (Wildman–Crippen LogP) is 4.68. The second-order valence-corrected chi connectivity index (χ2v) is 8.22. The maximum absolute atomic E-state index is 13.2. The van der Waals surface area contributed by atoms with E-state index in [1.165, 1.54) is 11.3 Å². The van der Waals surface area contributed by atoms with Gasteiger partial charge in [0.25, 0.3) is 5.91 Å². The molecule has 5 nitrogen and oxygen atoms in total. The van der Waals surface area contributed by atoms with Crippen LogP contribution in [0.2, 0.25) is 0 Å². The van der Waals surface area contributed by atoms with E-state index in [-0.39, 0.29) is 5.91 Å². The van der Waals surface area contributed by atoms with Crippen LogP contribution in [0.4, 0.5) is 5.69 Å². The van der Waals surface area contributed by atoms with Crippen molar-refractivity contribution in [2.45, 2.75) is 0 Å². The van der Waals surface area contributed by atoms with Crippen molar-refractivity contribution in [3.8, 4) is 22.4 Å².